The van der Waals surface area contributed by atoms with Crippen molar-refractivity contribution in [1.82, 2.24) is 5.32 Å². The molecule has 0 radical (unpaired) electrons. The number of carbonyl (C=O) groups is 1. The first-order valence-corrected chi connectivity index (χ1v) is 8.06. The van der Waals surface area contributed by atoms with Gasteiger partial charge in [0, 0.05) is 9.79 Å². The van der Waals surface area contributed by atoms with Crippen LogP contribution < -0.4 is 5.32 Å². The average molecular weight is 315 g/mol. The molecule has 1 aliphatic heterocycles. The van der Waals surface area contributed by atoms with Gasteiger partial charge in [0.25, 0.3) is 5.91 Å². The van der Waals surface area contributed by atoms with Gasteiger partial charge in [0.2, 0.25) is 0 Å². The Labute approximate surface area is 131 Å². The number of carbonyl (C=O) groups excluding carboxylic acids is 1. The summed E-state index contributed by atoms with van der Waals surface area (Å²) < 4.78 is 0. The van der Waals surface area contributed by atoms with Crippen LogP contribution in [0.15, 0.2) is 80.3 Å². The Morgan fingerprint density at radius 1 is 0.857 bits per heavy atom. The topological polar surface area (TPSA) is 49.3 Å². The lowest BCUT2D eigenvalue weighted by atomic mass is 10.4. The third kappa shape index (κ3) is 3.32. The molecule has 0 saturated carbocycles. The van der Waals surface area contributed by atoms with Crippen LogP contribution in [0.2, 0.25) is 0 Å². The van der Waals surface area contributed by atoms with E-state index >= 15 is 0 Å². The van der Waals surface area contributed by atoms with E-state index < -0.39 is 6.23 Å². The number of benzene rings is 2. The molecule has 5 heteroatoms. The molecule has 1 atom stereocenters. The van der Waals surface area contributed by atoms with Crippen LogP contribution in [0.5, 0.6) is 0 Å². The smallest absolute Gasteiger partial charge is 0.261 e. The molecule has 2 N–H and O–H groups in total. The summed E-state index contributed by atoms with van der Waals surface area (Å²) in [6.07, 6.45) is -0.936. The third-order valence-corrected chi connectivity index (χ3v) is 5.28. The summed E-state index contributed by atoms with van der Waals surface area (Å²) in [7, 11) is 0. The lowest BCUT2D eigenvalue weighted by molar-refractivity contribution is -0.117. The molecule has 3 nitrogen and oxygen atoms in total. The lowest BCUT2D eigenvalue weighted by Gasteiger charge is -2.08. The van der Waals surface area contributed by atoms with E-state index in [2.05, 4.69) is 5.32 Å². The van der Waals surface area contributed by atoms with Crippen molar-refractivity contribution in [3.63, 3.8) is 0 Å². The van der Waals surface area contributed by atoms with Gasteiger partial charge >= 0.3 is 0 Å². The van der Waals surface area contributed by atoms with Crippen molar-refractivity contribution < 1.29 is 9.90 Å². The summed E-state index contributed by atoms with van der Waals surface area (Å²) in [6, 6.07) is 19.4. The highest BCUT2D eigenvalue weighted by Crippen LogP contribution is 2.40. The summed E-state index contributed by atoms with van der Waals surface area (Å²) in [5, 5.41) is 12.6. The standard InChI is InChI=1S/C16H13NO2S2/c18-15-13(20-11-7-3-1-4-8-11)14(16(19)17-15)21-12-9-5-2-6-10-12/h1-10,15,18H,(H,17,19). The Balaban J connectivity index is 1.90. The van der Waals surface area contributed by atoms with Gasteiger partial charge in [0.05, 0.1) is 9.81 Å². The number of aliphatic hydroxyl groups is 1. The van der Waals surface area contributed by atoms with Crippen LogP contribution in [0.25, 0.3) is 0 Å². The van der Waals surface area contributed by atoms with Crippen molar-refractivity contribution in [2.75, 3.05) is 0 Å². The van der Waals surface area contributed by atoms with Crippen LogP contribution in [-0.4, -0.2) is 17.2 Å². The summed E-state index contributed by atoms with van der Waals surface area (Å²) in [5.41, 5.74) is 0. The third-order valence-electron chi connectivity index (χ3n) is 2.88. The first-order valence-electron chi connectivity index (χ1n) is 6.43. The highest BCUT2D eigenvalue weighted by atomic mass is 32.2. The fourth-order valence-electron chi connectivity index (χ4n) is 1.91. The minimum absolute atomic E-state index is 0.227. The molecule has 1 aliphatic rings. The largest absolute Gasteiger partial charge is 0.369 e. The molecule has 106 valence electrons. The van der Waals surface area contributed by atoms with Crippen LogP contribution >= 0.6 is 23.5 Å². The van der Waals surface area contributed by atoms with Gasteiger partial charge in [0.15, 0.2) is 6.23 Å². The first kappa shape index (κ1) is 14.3. The molecule has 0 bridgehead atoms. The fraction of sp³-hybridized carbons (Fsp3) is 0.0625. The van der Waals surface area contributed by atoms with Gasteiger partial charge < -0.3 is 10.4 Å². The van der Waals surface area contributed by atoms with Gasteiger partial charge in [-0.05, 0) is 24.3 Å². The maximum Gasteiger partial charge on any atom is 0.261 e. The number of rotatable bonds is 4. The molecule has 0 aliphatic carbocycles. The zero-order valence-corrected chi connectivity index (χ0v) is 12.7. The Kier molecular flexibility index (Phi) is 4.34. The highest BCUT2D eigenvalue weighted by molar-refractivity contribution is 8.07. The summed E-state index contributed by atoms with van der Waals surface area (Å²) in [5.74, 6) is -0.227. The maximum absolute atomic E-state index is 12.0. The van der Waals surface area contributed by atoms with Gasteiger partial charge in [-0.2, -0.15) is 0 Å². The number of aliphatic hydroxyl groups excluding tert-OH is 1. The lowest BCUT2D eigenvalue weighted by Crippen LogP contribution is -2.27. The van der Waals surface area contributed by atoms with E-state index in [0.29, 0.717) is 9.81 Å². The van der Waals surface area contributed by atoms with Crippen molar-refractivity contribution in [2.24, 2.45) is 0 Å². The number of hydrogen-bond acceptors (Lipinski definition) is 4. The Morgan fingerprint density at radius 2 is 1.38 bits per heavy atom. The van der Waals surface area contributed by atoms with Gasteiger partial charge in [0.1, 0.15) is 0 Å². The Hall–Kier alpha value is -1.69. The van der Waals surface area contributed by atoms with E-state index in [4.69, 9.17) is 0 Å². The van der Waals surface area contributed by atoms with Crippen molar-refractivity contribution in [3.8, 4) is 0 Å². The van der Waals surface area contributed by atoms with E-state index in [1.165, 1.54) is 23.5 Å². The molecular weight excluding hydrogens is 302 g/mol. The fourth-order valence-corrected chi connectivity index (χ4v) is 3.96. The molecule has 0 saturated heterocycles. The van der Waals surface area contributed by atoms with E-state index in [1.807, 2.05) is 60.7 Å². The molecule has 0 fully saturated rings. The summed E-state index contributed by atoms with van der Waals surface area (Å²) in [6.45, 7) is 0. The molecular formula is C16H13NO2S2. The normalized spacial score (nSPS) is 18.0. The minimum Gasteiger partial charge on any atom is -0.369 e. The predicted octanol–water partition coefficient (Wildman–Crippen LogP) is 3.23. The molecule has 3 rings (SSSR count). The first-order chi connectivity index (χ1) is 10.2. The summed E-state index contributed by atoms with van der Waals surface area (Å²) in [4.78, 5) is 15.2. The van der Waals surface area contributed by atoms with Crippen LogP contribution in [0.1, 0.15) is 0 Å². The van der Waals surface area contributed by atoms with Crippen LogP contribution in [0, 0.1) is 0 Å². The second-order valence-electron chi connectivity index (χ2n) is 4.40. The number of thioether (sulfide) groups is 2. The number of nitrogens with one attached hydrogen (secondary N) is 1. The molecule has 1 amide bonds. The Bertz CT molecular complexity index is 671. The Morgan fingerprint density at radius 3 is 1.95 bits per heavy atom. The van der Waals surface area contributed by atoms with Crippen molar-refractivity contribution in [2.45, 2.75) is 16.0 Å². The molecule has 1 unspecified atom stereocenters. The average Bonchev–Trinajstić information content (AvgIpc) is 2.76. The van der Waals surface area contributed by atoms with E-state index in [0.717, 1.165) is 9.79 Å². The van der Waals surface area contributed by atoms with E-state index in [-0.39, 0.29) is 5.91 Å². The summed E-state index contributed by atoms with van der Waals surface area (Å²) >= 11 is 2.79. The van der Waals surface area contributed by atoms with Gasteiger partial charge in [-0.3, -0.25) is 4.79 Å². The second kappa shape index (κ2) is 6.39. The number of amides is 1. The van der Waals surface area contributed by atoms with Crippen molar-refractivity contribution in [3.05, 3.63) is 70.5 Å². The van der Waals surface area contributed by atoms with Crippen LogP contribution in [-0.2, 0) is 4.79 Å². The minimum atomic E-state index is -0.936. The predicted molar refractivity (Wildman–Crippen MR) is 85.8 cm³/mol. The van der Waals surface area contributed by atoms with Gasteiger partial charge in [-0.15, -0.1) is 0 Å². The molecule has 1 heterocycles. The van der Waals surface area contributed by atoms with Crippen LogP contribution in [0.4, 0.5) is 0 Å². The molecule has 2 aromatic rings. The zero-order chi connectivity index (χ0) is 14.7. The van der Waals surface area contributed by atoms with Crippen molar-refractivity contribution >= 4 is 29.4 Å². The highest BCUT2D eigenvalue weighted by Gasteiger charge is 2.31. The molecule has 21 heavy (non-hydrogen) atoms. The number of hydrogen-bond donors (Lipinski definition) is 2. The quantitative estimate of drug-likeness (QED) is 0.909. The second-order valence-corrected chi connectivity index (χ2v) is 6.60. The van der Waals surface area contributed by atoms with E-state index in [1.54, 1.807) is 0 Å². The van der Waals surface area contributed by atoms with E-state index in [9.17, 15) is 9.90 Å². The zero-order valence-electron chi connectivity index (χ0n) is 11.0. The molecule has 0 spiro atoms. The van der Waals surface area contributed by atoms with Crippen molar-refractivity contribution in [1.29, 1.82) is 0 Å². The van der Waals surface area contributed by atoms with Crippen LogP contribution in [0.3, 0.4) is 0 Å². The molecule has 2 aromatic carbocycles. The monoisotopic (exact) mass is 315 g/mol. The molecule has 0 aromatic heterocycles. The maximum atomic E-state index is 12.0. The van der Waals surface area contributed by atoms with Gasteiger partial charge in [-0.1, -0.05) is 59.9 Å². The SMILES string of the molecule is O=C1NC(O)C(Sc2ccccc2)=C1Sc1ccccc1. The van der Waals surface area contributed by atoms with Gasteiger partial charge in [-0.25, -0.2) is 0 Å².